The Bertz CT molecular complexity index is 1450. The van der Waals surface area contributed by atoms with E-state index in [1.165, 1.54) is 37.0 Å². The Morgan fingerprint density at radius 3 is 2.33 bits per heavy atom. The van der Waals surface area contributed by atoms with Gasteiger partial charge in [0, 0.05) is 11.1 Å². The van der Waals surface area contributed by atoms with Crippen LogP contribution in [0.15, 0.2) is 36.0 Å². The monoisotopic (exact) mass is 535 g/mol. The van der Waals surface area contributed by atoms with Gasteiger partial charge in [0.2, 0.25) is 16.0 Å². The second-order valence-electron chi connectivity index (χ2n) is 7.54. The number of rotatable bonds is 9. The van der Waals surface area contributed by atoms with Gasteiger partial charge in [-0.3, -0.25) is 9.29 Å². The lowest BCUT2D eigenvalue weighted by Gasteiger charge is -2.20. The molecular weight excluding hydrogens is 513 g/mol. The van der Waals surface area contributed by atoms with E-state index in [0.717, 1.165) is 18.1 Å². The molecule has 3 heterocycles. The highest BCUT2D eigenvalue weighted by atomic mass is 32.2. The van der Waals surface area contributed by atoms with Crippen LogP contribution in [0.25, 0.3) is 16.5 Å². The third-order valence-corrected chi connectivity index (χ3v) is 7.83. The van der Waals surface area contributed by atoms with E-state index in [4.69, 9.17) is 9.47 Å². The van der Waals surface area contributed by atoms with E-state index in [1.54, 1.807) is 18.2 Å². The molecule has 0 aliphatic carbocycles. The molecule has 3 aromatic heterocycles. The molecular formula is C21H22FN7O5S2. The first-order valence-electron chi connectivity index (χ1n) is 10.4. The molecule has 0 saturated carbocycles. The average Bonchev–Trinajstić information content (AvgIpc) is 3.48. The number of anilines is 1. The van der Waals surface area contributed by atoms with E-state index in [9.17, 15) is 17.9 Å². The van der Waals surface area contributed by atoms with Crippen LogP contribution in [0.1, 0.15) is 24.5 Å². The smallest absolute Gasteiger partial charge is 0.243 e. The minimum atomic E-state index is -4.30. The first-order chi connectivity index (χ1) is 17.2. The van der Waals surface area contributed by atoms with Crippen LogP contribution in [0.2, 0.25) is 0 Å². The maximum atomic E-state index is 13.3. The second-order valence-corrected chi connectivity index (χ2v) is 10.4. The van der Waals surface area contributed by atoms with E-state index in [2.05, 4.69) is 29.9 Å². The first kappa shape index (κ1) is 25.4. The van der Waals surface area contributed by atoms with Crippen molar-refractivity contribution >= 4 is 27.3 Å². The number of hydrogen-bond acceptors (Lipinski definition) is 11. The van der Waals surface area contributed by atoms with Crippen LogP contribution in [0, 0.1) is 12.7 Å². The first-order valence-corrected chi connectivity index (χ1v) is 12.8. The molecule has 4 aromatic rings. The Balaban J connectivity index is 1.81. The maximum absolute atomic E-state index is 13.3. The zero-order chi connectivity index (χ0) is 26.0. The van der Waals surface area contributed by atoms with Gasteiger partial charge < -0.3 is 14.6 Å². The van der Waals surface area contributed by atoms with Gasteiger partial charge in [0.1, 0.15) is 28.5 Å². The van der Waals surface area contributed by atoms with Gasteiger partial charge in [0.15, 0.2) is 22.5 Å². The fraction of sp³-hybridized carbons (Fsp3) is 0.286. The molecule has 0 aliphatic heterocycles. The molecule has 4 rings (SSSR count). The topological polar surface area (TPSA) is 154 Å². The fourth-order valence-electron chi connectivity index (χ4n) is 3.28. The zero-order valence-electron chi connectivity index (χ0n) is 19.6. The van der Waals surface area contributed by atoms with Crippen molar-refractivity contribution in [3.8, 4) is 28.0 Å². The summed E-state index contributed by atoms with van der Waals surface area (Å²) in [6.07, 6.45) is 0.0255. The number of halogens is 1. The third-order valence-electron chi connectivity index (χ3n) is 5.17. The highest BCUT2D eigenvalue weighted by molar-refractivity contribution is 7.93. The van der Waals surface area contributed by atoms with Crippen molar-refractivity contribution in [1.82, 2.24) is 29.7 Å². The van der Waals surface area contributed by atoms with Gasteiger partial charge in [-0.2, -0.15) is 0 Å². The molecule has 2 N–H and O–H groups in total. The van der Waals surface area contributed by atoms with Gasteiger partial charge in [0.05, 0.1) is 26.6 Å². The lowest BCUT2D eigenvalue weighted by molar-refractivity contribution is 0.166. The van der Waals surface area contributed by atoms with Crippen LogP contribution < -0.4 is 14.2 Å². The van der Waals surface area contributed by atoms with Gasteiger partial charge in [-0.1, -0.05) is 6.07 Å². The predicted molar refractivity (Wildman–Crippen MR) is 129 cm³/mol. The van der Waals surface area contributed by atoms with Crippen molar-refractivity contribution in [3.63, 3.8) is 0 Å². The maximum Gasteiger partial charge on any atom is 0.243 e. The molecule has 15 heteroatoms. The number of aromatic nitrogens is 6. The highest BCUT2D eigenvalue weighted by Gasteiger charge is 2.34. The van der Waals surface area contributed by atoms with Crippen LogP contribution in [0.3, 0.4) is 0 Å². The molecule has 0 unspecified atom stereocenters. The molecule has 36 heavy (non-hydrogen) atoms. The van der Waals surface area contributed by atoms with Crippen molar-refractivity contribution in [2.75, 3.05) is 18.9 Å². The molecule has 0 aliphatic rings. The Kier molecular flexibility index (Phi) is 7.14. The summed E-state index contributed by atoms with van der Waals surface area (Å²) in [5.74, 6) is -0.207. The lowest BCUT2D eigenvalue weighted by atomic mass is 10.2. The van der Waals surface area contributed by atoms with Gasteiger partial charge >= 0.3 is 0 Å². The molecule has 0 bridgehead atoms. The van der Waals surface area contributed by atoms with Crippen molar-refractivity contribution in [1.29, 1.82) is 0 Å². The van der Waals surface area contributed by atoms with Crippen molar-refractivity contribution in [2.45, 2.75) is 25.2 Å². The summed E-state index contributed by atoms with van der Waals surface area (Å²) in [6.45, 7) is 3.07. The molecule has 2 atom stereocenters. The number of ether oxygens (including phenoxy) is 2. The van der Waals surface area contributed by atoms with Crippen molar-refractivity contribution in [3.05, 3.63) is 53.3 Å². The quantitative estimate of drug-likeness (QED) is 0.327. The molecule has 0 fully saturated rings. The fourth-order valence-corrected chi connectivity index (χ4v) is 5.09. The Hall–Kier alpha value is -3.69. The third kappa shape index (κ3) is 4.84. The second kappa shape index (κ2) is 10.1. The number of nitrogens with one attached hydrogen (secondary N) is 1. The minimum absolute atomic E-state index is 0.195. The van der Waals surface area contributed by atoms with Gasteiger partial charge in [-0.25, -0.2) is 27.8 Å². The zero-order valence-corrected chi connectivity index (χ0v) is 21.2. The number of aliphatic hydroxyl groups excluding tert-OH is 1. The van der Waals surface area contributed by atoms with E-state index in [0.29, 0.717) is 22.2 Å². The Labute approximate surface area is 209 Å². The van der Waals surface area contributed by atoms with Gasteiger partial charge in [0.25, 0.3) is 0 Å². The molecule has 0 saturated heterocycles. The predicted octanol–water partition coefficient (Wildman–Crippen LogP) is 2.51. The largest absolute Gasteiger partial charge is 0.494 e. The molecule has 190 valence electrons. The number of aryl methyl sites for hydroxylation is 1. The highest BCUT2D eigenvalue weighted by Crippen LogP contribution is 2.38. The molecule has 0 spiro atoms. The van der Waals surface area contributed by atoms with Crippen LogP contribution in [0.4, 0.5) is 10.3 Å². The number of para-hydroxylation sites is 1. The summed E-state index contributed by atoms with van der Waals surface area (Å²) in [7, 11) is -1.38. The number of thiazole rings is 1. The Morgan fingerprint density at radius 1 is 1.14 bits per heavy atom. The van der Waals surface area contributed by atoms with Gasteiger partial charge in [-0.05, 0) is 26.0 Å². The summed E-state index contributed by atoms with van der Waals surface area (Å²) < 4.78 is 54.5. The van der Waals surface area contributed by atoms with E-state index in [1.807, 2.05) is 12.3 Å². The number of nitrogens with zero attached hydrogens (tertiary/aromatic N) is 6. The van der Waals surface area contributed by atoms with E-state index in [-0.39, 0.29) is 17.6 Å². The summed E-state index contributed by atoms with van der Waals surface area (Å²) in [5.41, 5.74) is 1.08. The van der Waals surface area contributed by atoms with E-state index >= 15 is 0 Å². The summed E-state index contributed by atoms with van der Waals surface area (Å²) in [5, 5.41) is 19.7. The lowest BCUT2D eigenvalue weighted by Crippen LogP contribution is -2.32. The molecule has 0 amide bonds. The number of aliphatic hydroxyl groups is 1. The minimum Gasteiger partial charge on any atom is -0.494 e. The van der Waals surface area contributed by atoms with Crippen LogP contribution in [-0.2, 0) is 10.0 Å². The normalized spacial score (nSPS) is 13.3. The standard InChI is InChI=1S/C21H22FN7O5S2/c1-11-10-35-20(25-11)19-26-27-21(29(19)16-14(33-3)6-5-7-15(16)34-4)28-36(31,32)12(2)17(30)18-23-8-13(22)9-24-18/h5-10,12,17,30H,1-4H3,(H,27,28)/t12-,17-/m1/s1. The number of hydrogen-bond donors (Lipinski definition) is 2. The summed E-state index contributed by atoms with van der Waals surface area (Å²) in [6, 6.07) is 5.06. The number of methoxy groups -OCH3 is 2. The molecule has 0 radical (unpaired) electrons. The summed E-state index contributed by atoms with van der Waals surface area (Å²) >= 11 is 1.30. The molecule has 12 nitrogen and oxygen atoms in total. The van der Waals surface area contributed by atoms with Crippen molar-refractivity contribution in [2.24, 2.45) is 0 Å². The SMILES string of the molecule is COc1cccc(OC)c1-n1c(NS(=O)(=O)[C@H](C)[C@@H](O)c2ncc(F)cn2)nnc1-c1nc(C)cs1. The van der Waals surface area contributed by atoms with Crippen LogP contribution >= 0.6 is 11.3 Å². The van der Waals surface area contributed by atoms with Crippen LogP contribution in [-0.4, -0.2) is 62.7 Å². The van der Waals surface area contributed by atoms with Crippen molar-refractivity contribution < 1.29 is 27.4 Å². The van der Waals surface area contributed by atoms with Gasteiger partial charge in [-0.15, -0.1) is 21.5 Å². The number of sulfonamides is 1. The molecule has 1 aromatic carbocycles. The average molecular weight is 536 g/mol. The van der Waals surface area contributed by atoms with Crippen LogP contribution in [0.5, 0.6) is 11.5 Å². The number of benzene rings is 1. The Morgan fingerprint density at radius 2 is 1.78 bits per heavy atom. The summed E-state index contributed by atoms with van der Waals surface area (Å²) in [4.78, 5) is 11.8. The van der Waals surface area contributed by atoms with E-state index < -0.39 is 27.2 Å².